The number of nitrogens with zero attached hydrogens (tertiary/aromatic N) is 1. The summed E-state index contributed by atoms with van der Waals surface area (Å²) in [6, 6.07) is 5.92. The summed E-state index contributed by atoms with van der Waals surface area (Å²) in [6.07, 6.45) is -2.87. The van der Waals surface area contributed by atoms with E-state index in [0.29, 0.717) is 0 Å². The van der Waals surface area contributed by atoms with Gasteiger partial charge in [-0.3, -0.25) is 34.1 Å². The molecule has 0 aliphatic heterocycles. The Balaban J connectivity index is 2.72. The number of aliphatic carboxylic acids is 1. The van der Waals surface area contributed by atoms with Crippen molar-refractivity contribution in [3.05, 3.63) is 35.9 Å². The molecule has 0 saturated carbocycles. The number of likely N-dealkylation sites (N-methyl/N-ethyl adjacent to an activating group) is 1. The molecule has 0 fully saturated rings. The van der Waals surface area contributed by atoms with Gasteiger partial charge in [0, 0.05) is 33.1 Å². The lowest BCUT2D eigenvalue weighted by Crippen LogP contribution is -2.59. The van der Waals surface area contributed by atoms with Crippen molar-refractivity contribution in [3.63, 3.8) is 0 Å². The van der Waals surface area contributed by atoms with Crippen LogP contribution in [0, 0.1) is 5.92 Å². The van der Waals surface area contributed by atoms with Crippen LogP contribution >= 0.6 is 0 Å². The summed E-state index contributed by atoms with van der Waals surface area (Å²) in [5.41, 5.74) is 0.773. The summed E-state index contributed by atoms with van der Waals surface area (Å²) >= 11 is 0. The summed E-state index contributed by atoms with van der Waals surface area (Å²) in [7, 11) is 1.41. The summed E-state index contributed by atoms with van der Waals surface area (Å²) in [4.78, 5) is 85.6. The zero-order valence-corrected chi connectivity index (χ0v) is 28.2. The van der Waals surface area contributed by atoms with E-state index in [-0.39, 0.29) is 51.4 Å². The van der Waals surface area contributed by atoms with Gasteiger partial charge in [-0.1, -0.05) is 44.2 Å². The zero-order valence-electron chi connectivity index (χ0n) is 28.2. The minimum atomic E-state index is -1.39. The maximum Gasteiger partial charge on any atom is 0.407 e. The standard InChI is InChI=1S/C31H49N7O11/c1-19(2)27(37-31(48)49-18-21-8-6-5-7-9-21)30(47)35-20(3)28(45)36-22(12-15-38(4)25(42)17-39)29(46)33-14-13-32-24(41)16-34-23(40)10-11-26(43)44/h5-9,19-20,22,27,30,35,39,47H,10-18H2,1-4H3,(H,32,41)(H,33,46)(H,34,40)(H,36,45)(H,37,48)(H,43,44)/t20-,22-,27-,30?/m0/s1. The Hall–Kier alpha value is -4.81. The highest BCUT2D eigenvalue weighted by atomic mass is 16.5. The van der Waals surface area contributed by atoms with Gasteiger partial charge in [-0.15, -0.1) is 0 Å². The average molecular weight is 696 g/mol. The van der Waals surface area contributed by atoms with Crippen molar-refractivity contribution in [1.82, 2.24) is 36.8 Å². The van der Waals surface area contributed by atoms with Gasteiger partial charge in [0.05, 0.1) is 25.0 Å². The molecule has 0 aliphatic rings. The predicted octanol–water partition coefficient (Wildman–Crippen LogP) is -2.23. The molecule has 0 spiro atoms. The number of carboxylic acid groups (broad SMARTS) is 1. The number of ether oxygens (including phenoxy) is 1. The highest BCUT2D eigenvalue weighted by Crippen LogP contribution is 2.08. The van der Waals surface area contributed by atoms with Crippen LogP contribution < -0.4 is 31.9 Å². The Labute approximate surface area is 284 Å². The number of hydrogen-bond acceptors (Lipinski definition) is 11. The summed E-state index contributed by atoms with van der Waals surface area (Å²) in [6.45, 7) is 3.71. The minimum absolute atomic E-state index is 0.00898. The van der Waals surface area contributed by atoms with Crippen molar-refractivity contribution < 1.29 is 53.6 Å². The molecule has 1 aromatic carbocycles. The number of benzene rings is 1. The molecule has 18 heteroatoms. The molecule has 1 unspecified atom stereocenters. The largest absolute Gasteiger partial charge is 0.481 e. The molecule has 1 rings (SSSR count). The van der Waals surface area contributed by atoms with Gasteiger partial charge in [0.2, 0.25) is 29.5 Å². The smallest absolute Gasteiger partial charge is 0.407 e. The predicted molar refractivity (Wildman–Crippen MR) is 174 cm³/mol. The highest BCUT2D eigenvalue weighted by molar-refractivity contribution is 5.90. The summed E-state index contributed by atoms with van der Waals surface area (Å²) in [5, 5.41) is 43.8. The molecule has 0 heterocycles. The topological polar surface area (TPSA) is 265 Å². The van der Waals surface area contributed by atoms with Crippen LogP contribution in [-0.2, 0) is 40.1 Å². The van der Waals surface area contributed by atoms with Crippen LogP contribution in [0.5, 0.6) is 0 Å². The van der Waals surface area contributed by atoms with E-state index < -0.39 is 79.1 Å². The molecule has 0 saturated heterocycles. The molecule has 1 aromatic rings. The van der Waals surface area contributed by atoms with Crippen LogP contribution in [0.4, 0.5) is 4.79 Å². The van der Waals surface area contributed by atoms with Gasteiger partial charge in [0.15, 0.2) is 0 Å². The number of hydrogen-bond donors (Lipinski definition) is 9. The first-order valence-electron chi connectivity index (χ1n) is 15.7. The number of rotatable bonds is 22. The van der Waals surface area contributed by atoms with Gasteiger partial charge in [-0.2, -0.15) is 0 Å². The molecule has 49 heavy (non-hydrogen) atoms. The molecular weight excluding hydrogens is 646 g/mol. The Bertz CT molecular complexity index is 1250. The summed E-state index contributed by atoms with van der Waals surface area (Å²) in [5.74, 6) is -4.55. The van der Waals surface area contributed by atoms with Gasteiger partial charge >= 0.3 is 12.1 Å². The van der Waals surface area contributed by atoms with Gasteiger partial charge < -0.3 is 51.5 Å². The molecule has 18 nitrogen and oxygen atoms in total. The van der Waals surface area contributed by atoms with E-state index in [4.69, 9.17) is 14.9 Å². The number of amides is 6. The quantitative estimate of drug-likeness (QED) is 0.0461. The van der Waals surface area contributed by atoms with E-state index in [1.165, 1.54) is 18.9 Å². The fourth-order valence-electron chi connectivity index (χ4n) is 4.14. The molecule has 9 N–H and O–H groups in total. The molecule has 0 aromatic heterocycles. The first-order valence-corrected chi connectivity index (χ1v) is 15.7. The SMILES string of the molecule is CC(C)[C@H](NC(=O)OCc1ccccc1)C(O)N[C@@H](C)C(=O)N[C@@H](CCN(C)C(=O)CO)C(=O)NCCNC(=O)CNC(=O)CCC(=O)O. The molecule has 0 aliphatic carbocycles. The van der Waals surface area contributed by atoms with Crippen LogP contribution in [0.25, 0.3) is 0 Å². The fraction of sp³-hybridized carbons (Fsp3) is 0.581. The van der Waals surface area contributed by atoms with Crippen LogP contribution in [0.15, 0.2) is 30.3 Å². The van der Waals surface area contributed by atoms with Crippen molar-refractivity contribution in [3.8, 4) is 0 Å². The average Bonchev–Trinajstić information content (AvgIpc) is 3.07. The second-order valence-corrected chi connectivity index (χ2v) is 11.4. The van der Waals surface area contributed by atoms with Gasteiger partial charge in [-0.05, 0) is 24.8 Å². The van der Waals surface area contributed by atoms with Crippen LogP contribution in [-0.4, -0.2) is 126 Å². The first kappa shape index (κ1) is 42.2. The Kier molecular flexibility index (Phi) is 19.6. The van der Waals surface area contributed by atoms with E-state index in [1.54, 1.807) is 38.1 Å². The van der Waals surface area contributed by atoms with E-state index in [1.807, 2.05) is 6.07 Å². The van der Waals surface area contributed by atoms with Gasteiger partial charge in [0.1, 0.15) is 25.5 Å². The number of aliphatic hydroxyl groups is 2. The first-order chi connectivity index (χ1) is 23.1. The van der Waals surface area contributed by atoms with Crippen molar-refractivity contribution >= 4 is 41.6 Å². The number of aliphatic hydroxyl groups excluding tert-OH is 2. The van der Waals surface area contributed by atoms with E-state index in [0.717, 1.165) is 5.56 Å². The van der Waals surface area contributed by atoms with Gasteiger partial charge in [0.25, 0.3) is 0 Å². The second kappa shape index (κ2) is 22.7. The molecule has 6 amide bonds. The molecule has 274 valence electrons. The summed E-state index contributed by atoms with van der Waals surface area (Å²) < 4.78 is 5.24. The molecule has 0 bridgehead atoms. The van der Waals surface area contributed by atoms with Crippen molar-refractivity contribution in [2.24, 2.45) is 5.92 Å². The van der Waals surface area contributed by atoms with E-state index in [2.05, 4.69) is 31.9 Å². The lowest BCUT2D eigenvalue weighted by atomic mass is 10.0. The Morgan fingerprint density at radius 2 is 1.51 bits per heavy atom. The monoisotopic (exact) mass is 695 g/mol. The van der Waals surface area contributed by atoms with Crippen molar-refractivity contribution in [2.45, 2.75) is 71.0 Å². The van der Waals surface area contributed by atoms with Crippen LogP contribution in [0.2, 0.25) is 0 Å². The maximum atomic E-state index is 13.1. The van der Waals surface area contributed by atoms with E-state index >= 15 is 0 Å². The third-order valence-electron chi connectivity index (χ3n) is 7.08. The lowest BCUT2D eigenvalue weighted by Gasteiger charge is -2.30. The third kappa shape index (κ3) is 17.8. The second-order valence-electron chi connectivity index (χ2n) is 11.4. The number of alkyl carbamates (subject to hydrolysis) is 1. The molecule has 4 atom stereocenters. The number of carbonyl (C=O) groups is 7. The normalized spacial score (nSPS) is 13.2. The van der Waals surface area contributed by atoms with Crippen molar-refractivity contribution in [2.75, 3.05) is 39.8 Å². The minimum Gasteiger partial charge on any atom is -0.481 e. The number of carbonyl (C=O) groups excluding carboxylic acids is 6. The maximum absolute atomic E-state index is 13.1. The zero-order chi connectivity index (χ0) is 36.9. The van der Waals surface area contributed by atoms with Gasteiger partial charge in [-0.25, -0.2) is 4.79 Å². The van der Waals surface area contributed by atoms with Crippen LogP contribution in [0.3, 0.4) is 0 Å². The van der Waals surface area contributed by atoms with Crippen molar-refractivity contribution in [1.29, 1.82) is 0 Å². The number of nitrogens with one attached hydrogen (secondary N) is 6. The van der Waals surface area contributed by atoms with E-state index in [9.17, 15) is 38.7 Å². The number of carboxylic acids is 1. The lowest BCUT2D eigenvalue weighted by molar-refractivity contribution is -0.139. The third-order valence-corrected chi connectivity index (χ3v) is 7.08. The molecular formula is C31H49N7O11. The Morgan fingerprint density at radius 1 is 0.857 bits per heavy atom. The highest BCUT2D eigenvalue weighted by Gasteiger charge is 2.30. The Morgan fingerprint density at radius 3 is 2.12 bits per heavy atom. The molecule has 0 radical (unpaired) electrons. The fourth-order valence-corrected chi connectivity index (χ4v) is 4.14. The van der Waals surface area contributed by atoms with Crippen LogP contribution in [0.1, 0.15) is 45.6 Å².